The SMILES string of the molecule is c1ccc(C2CCCCC23CNCN3)cc1. The Balaban J connectivity index is 1.91. The molecule has 2 unspecified atom stereocenters. The molecule has 1 saturated heterocycles. The Morgan fingerprint density at radius 2 is 2.00 bits per heavy atom. The third kappa shape index (κ3) is 1.66. The molecule has 0 radical (unpaired) electrons. The monoisotopic (exact) mass is 216 g/mol. The molecule has 1 heterocycles. The van der Waals surface area contributed by atoms with Gasteiger partial charge in [-0.15, -0.1) is 0 Å². The van der Waals surface area contributed by atoms with Gasteiger partial charge in [-0.2, -0.15) is 0 Å². The Hall–Kier alpha value is -0.860. The van der Waals surface area contributed by atoms with Crippen molar-refractivity contribution in [3.8, 4) is 0 Å². The van der Waals surface area contributed by atoms with Crippen molar-refractivity contribution in [2.75, 3.05) is 13.2 Å². The molecule has 2 nitrogen and oxygen atoms in total. The van der Waals surface area contributed by atoms with Gasteiger partial charge in [-0.3, -0.25) is 5.32 Å². The molecule has 0 bridgehead atoms. The molecular weight excluding hydrogens is 196 g/mol. The Labute approximate surface area is 97.4 Å². The molecule has 2 N–H and O–H groups in total. The van der Waals surface area contributed by atoms with E-state index < -0.39 is 0 Å². The van der Waals surface area contributed by atoms with Crippen LogP contribution in [-0.2, 0) is 0 Å². The topological polar surface area (TPSA) is 24.1 Å². The molecule has 86 valence electrons. The van der Waals surface area contributed by atoms with E-state index in [1.807, 2.05) is 0 Å². The molecule has 1 saturated carbocycles. The molecule has 2 atom stereocenters. The second kappa shape index (κ2) is 4.19. The van der Waals surface area contributed by atoms with Crippen LogP contribution in [0.4, 0.5) is 0 Å². The van der Waals surface area contributed by atoms with E-state index in [0.29, 0.717) is 11.5 Å². The summed E-state index contributed by atoms with van der Waals surface area (Å²) in [5, 5.41) is 7.18. The fourth-order valence-electron chi connectivity index (χ4n) is 3.42. The average Bonchev–Trinajstić information content (AvgIpc) is 2.80. The third-order valence-electron chi connectivity index (χ3n) is 4.24. The van der Waals surface area contributed by atoms with E-state index in [1.54, 1.807) is 0 Å². The minimum absolute atomic E-state index is 0.333. The van der Waals surface area contributed by atoms with Crippen molar-refractivity contribution in [1.29, 1.82) is 0 Å². The molecule has 1 aliphatic heterocycles. The van der Waals surface area contributed by atoms with Gasteiger partial charge in [0.05, 0.1) is 0 Å². The number of benzene rings is 1. The average molecular weight is 216 g/mol. The largest absolute Gasteiger partial charge is 0.303 e. The maximum atomic E-state index is 3.71. The van der Waals surface area contributed by atoms with Crippen LogP contribution in [0.2, 0.25) is 0 Å². The van der Waals surface area contributed by atoms with Crippen LogP contribution in [0.25, 0.3) is 0 Å². The lowest BCUT2D eigenvalue weighted by Gasteiger charge is -2.41. The summed E-state index contributed by atoms with van der Waals surface area (Å²) in [6.45, 7) is 2.11. The van der Waals surface area contributed by atoms with Gasteiger partial charge in [0.1, 0.15) is 0 Å². The summed E-state index contributed by atoms with van der Waals surface area (Å²) in [6, 6.07) is 11.0. The maximum absolute atomic E-state index is 3.71. The van der Waals surface area contributed by atoms with Gasteiger partial charge >= 0.3 is 0 Å². The zero-order valence-electron chi connectivity index (χ0n) is 9.71. The molecule has 0 aromatic heterocycles. The van der Waals surface area contributed by atoms with Gasteiger partial charge in [0.15, 0.2) is 0 Å². The summed E-state index contributed by atoms with van der Waals surface area (Å²) in [4.78, 5) is 0. The quantitative estimate of drug-likeness (QED) is 0.752. The Bertz CT molecular complexity index is 341. The summed E-state index contributed by atoms with van der Waals surface area (Å²) in [5.41, 5.74) is 1.85. The molecule has 2 aliphatic rings. The predicted molar refractivity (Wildman–Crippen MR) is 66.4 cm³/mol. The number of hydrogen-bond acceptors (Lipinski definition) is 2. The number of nitrogens with one attached hydrogen (secondary N) is 2. The molecular formula is C14H20N2. The lowest BCUT2D eigenvalue weighted by atomic mass is 9.70. The minimum atomic E-state index is 0.333. The van der Waals surface area contributed by atoms with E-state index in [1.165, 1.54) is 31.2 Å². The van der Waals surface area contributed by atoms with Gasteiger partial charge in [0.25, 0.3) is 0 Å². The summed E-state index contributed by atoms with van der Waals surface area (Å²) < 4.78 is 0. The molecule has 16 heavy (non-hydrogen) atoms. The Kier molecular flexibility index (Phi) is 2.70. The molecule has 2 fully saturated rings. The normalized spacial score (nSPS) is 34.4. The zero-order valence-corrected chi connectivity index (χ0v) is 9.71. The van der Waals surface area contributed by atoms with E-state index in [9.17, 15) is 0 Å². The predicted octanol–water partition coefficient (Wildman–Crippen LogP) is 2.23. The molecule has 0 amide bonds. The second-order valence-electron chi connectivity index (χ2n) is 5.15. The van der Waals surface area contributed by atoms with Crippen molar-refractivity contribution in [1.82, 2.24) is 10.6 Å². The van der Waals surface area contributed by atoms with Crippen molar-refractivity contribution in [2.24, 2.45) is 0 Å². The van der Waals surface area contributed by atoms with E-state index in [0.717, 1.165) is 13.2 Å². The zero-order chi connectivity index (χ0) is 10.8. The van der Waals surface area contributed by atoms with E-state index in [2.05, 4.69) is 41.0 Å². The van der Waals surface area contributed by atoms with Crippen LogP contribution in [0.15, 0.2) is 30.3 Å². The lowest BCUT2D eigenvalue weighted by Crippen LogP contribution is -2.49. The minimum Gasteiger partial charge on any atom is -0.303 e. The molecule has 1 spiro atoms. The first-order valence-electron chi connectivity index (χ1n) is 6.41. The van der Waals surface area contributed by atoms with Crippen LogP contribution in [0.5, 0.6) is 0 Å². The van der Waals surface area contributed by atoms with Crippen molar-refractivity contribution in [3.63, 3.8) is 0 Å². The highest BCUT2D eigenvalue weighted by Crippen LogP contribution is 2.41. The molecule has 1 aromatic carbocycles. The van der Waals surface area contributed by atoms with Crippen LogP contribution >= 0.6 is 0 Å². The van der Waals surface area contributed by atoms with Crippen molar-refractivity contribution in [2.45, 2.75) is 37.1 Å². The first-order valence-corrected chi connectivity index (χ1v) is 6.41. The van der Waals surface area contributed by atoms with Gasteiger partial charge < -0.3 is 5.32 Å². The summed E-state index contributed by atoms with van der Waals surface area (Å²) in [5.74, 6) is 0.692. The standard InChI is InChI=1S/C14H20N2/c1-2-6-12(7-3-1)13-8-4-5-9-14(13)10-15-11-16-14/h1-3,6-7,13,15-16H,4-5,8-11H2. The Morgan fingerprint density at radius 3 is 2.75 bits per heavy atom. The van der Waals surface area contributed by atoms with E-state index in [-0.39, 0.29) is 0 Å². The molecule has 2 heteroatoms. The van der Waals surface area contributed by atoms with Crippen molar-refractivity contribution >= 4 is 0 Å². The molecule has 1 aromatic rings. The van der Waals surface area contributed by atoms with Gasteiger partial charge in [0, 0.05) is 24.7 Å². The van der Waals surface area contributed by atoms with Gasteiger partial charge in [-0.25, -0.2) is 0 Å². The fraction of sp³-hybridized carbons (Fsp3) is 0.571. The van der Waals surface area contributed by atoms with Crippen LogP contribution in [-0.4, -0.2) is 18.8 Å². The second-order valence-corrected chi connectivity index (χ2v) is 5.15. The summed E-state index contributed by atoms with van der Waals surface area (Å²) >= 11 is 0. The fourth-order valence-corrected chi connectivity index (χ4v) is 3.42. The highest BCUT2D eigenvalue weighted by atomic mass is 15.2. The number of rotatable bonds is 1. The van der Waals surface area contributed by atoms with E-state index >= 15 is 0 Å². The van der Waals surface area contributed by atoms with Crippen LogP contribution < -0.4 is 10.6 Å². The van der Waals surface area contributed by atoms with Crippen LogP contribution in [0.1, 0.15) is 37.2 Å². The third-order valence-corrected chi connectivity index (χ3v) is 4.24. The van der Waals surface area contributed by atoms with Crippen molar-refractivity contribution in [3.05, 3.63) is 35.9 Å². The highest BCUT2D eigenvalue weighted by Gasteiger charge is 2.43. The maximum Gasteiger partial charge on any atom is 0.0459 e. The lowest BCUT2D eigenvalue weighted by molar-refractivity contribution is 0.236. The summed E-state index contributed by atoms with van der Waals surface area (Å²) in [6.07, 6.45) is 5.40. The summed E-state index contributed by atoms with van der Waals surface area (Å²) in [7, 11) is 0. The first kappa shape index (κ1) is 10.3. The van der Waals surface area contributed by atoms with Crippen LogP contribution in [0, 0.1) is 0 Å². The number of hydrogen-bond donors (Lipinski definition) is 2. The first-order chi connectivity index (χ1) is 7.91. The van der Waals surface area contributed by atoms with E-state index in [4.69, 9.17) is 0 Å². The van der Waals surface area contributed by atoms with Crippen LogP contribution in [0.3, 0.4) is 0 Å². The van der Waals surface area contributed by atoms with Gasteiger partial charge in [-0.05, 0) is 18.4 Å². The molecule has 3 rings (SSSR count). The Morgan fingerprint density at radius 1 is 1.12 bits per heavy atom. The van der Waals surface area contributed by atoms with Gasteiger partial charge in [-0.1, -0.05) is 43.2 Å². The van der Waals surface area contributed by atoms with Gasteiger partial charge in [0.2, 0.25) is 0 Å². The highest BCUT2D eigenvalue weighted by molar-refractivity contribution is 5.26. The van der Waals surface area contributed by atoms with Crippen molar-refractivity contribution < 1.29 is 0 Å². The molecule has 1 aliphatic carbocycles. The smallest absolute Gasteiger partial charge is 0.0459 e.